The molecular weight excluding hydrogens is 128 g/mol. The third-order valence-corrected chi connectivity index (χ3v) is 1.53. The highest BCUT2D eigenvalue weighted by atomic mass is 16.3. The van der Waals surface area contributed by atoms with Crippen molar-refractivity contribution in [3.05, 3.63) is 12.7 Å². The number of aliphatic hydroxyl groups is 2. The van der Waals surface area contributed by atoms with Gasteiger partial charge in [-0.2, -0.15) is 0 Å². The molecule has 0 spiro atoms. The van der Waals surface area contributed by atoms with Crippen LogP contribution in [0.4, 0.5) is 0 Å². The molecule has 0 amide bonds. The maximum absolute atomic E-state index is 9.15. The lowest BCUT2D eigenvalue weighted by Crippen LogP contribution is -2.24. The molecule has 0 aromatic heterocycles. The van der Waals surface area contributed by atoms with Gasteiger partial charge in [0.25, 0.3) is 0 Å². The van der Waals surface area contributed by atoms with Crippen LogP contribution in [0.15, 0.2) is 12.7 Å². The van der Waals surface area contributed by atoms with Crippen molar-refractivity contribution in [2.75, 3.05) is 0 Å². The Labute approximate surface area is 62.2 Å². The molecule has 0 radical (unpaired) electrons. The molecule has 2 nitrogen and oxygen atoms in total. The lowest BCUT2D eigenvalue weighted by molar-refractivity contribution is 0.0134. The monoisotopic (exact) mass is 144 g/mol. The van der Waals surface area contributed by atoms with Gasteiger partial charge in [0.05, 0.1) is 12.2 Å². The summed E-state index contributed by atoms with van der Waals surface area (Å²) >= 11 is 0. The molecule has 0 heterocycles. The van der Waals surface area contributed by atoms with Gasteiger partial charge in [-0.05, 0) is 19.3 Å². The van der Waals surface area contributed by atoms with E-state index in [1.165, 1.54) is 0 Å². The molecule has 2 atom stereocenters. The summed E-state index contributed by atoms with van der Waals surface area (Å²) in [6.45, 7) is 5.37. The quantitative estimate of drug-likeness (QED) is 0.567. The second-order valence-electron chi connectivity index (χ2n) is 2.41. The van der Waals surface area contributed by atoms with E-state index in [2.05, 4.69) is 6.58 Å². The summed E-state index contributed by atoms with van der Waals surface area (Å²) in [5.41, 5.74) is 0. The predicted molar refractivity (Wildman–Crippen MR) is 41.7 cm³/mol. The molecule has 0 saturated carbocycles. The Kier molecular flexibility index (Phi) is 5.26. The first-order chi connectivity index (χ1) is 4.72. The van der Waals surface area contributed by atoms with Crippen LogP contribution < -0.4 is 0 Å². The summed E-state index contributed by atoms with van der Waals surface area (Å²) in [4.78, 5) is 0. The summed E-state index contributed by atoms with van der Waals surface area (Å²) in [7, 11) is 0. The third-order valence-electron chi connectivity index (χ3n) is 1.53. The molecule has 0 aromatic rings. The van der Waals surface area contributed by atoms with E-state index in [9.17, 15) is 0 Å². The van der Waals surface area contributed by atoms with Crippen molar-refractivity contribution in [2.45, 2.75) is 38.4 Å². The van der Waals surface area contributed by atoms with Gasteiger partial charge in [0, 0.05) is 0 Å². The minimum absolute atomic E-state index is 0.569. The van der Waals surface area contributed by atoms with Gasteiger partial charge in [0.15, 0.2) is 0 Å². The third kappa shape index (κ3) is 3.64. The molecule has 0 rings (SSSR count). The van der Waals surface area contributed by atoms with Crippen LogP contribution in [-0.4, -0.2) is 22.4 Å². The van der Waals surface area contributed by atoms with Gasteiger partial charge in [-0.25, -0.2) is 0 Å². The number of hydrogen-bond acceptors (Lipinski definition) is 2. The first kappa shape index (κ1) is 9.66. The van der Waals surface area contributed by atoms with E-state index in [-0.39, 0.29) is 0 Å². The van der Waals surface area contributed by atoms with Crippen molar-refractivity contribution in [3.63, 3.8) is 0 Å². The molecule has 0 saturated heterocycles. The first-order valence-electron chi connectivity index (χ1n) is 3.69. The van der Waals surface area contributed by atoms with Crippen molar-refractivity contribution < 1.29 is 10.2 Å². The molecule has 2 N–H and O–H groups in total. The molecule has 0 unspecified atom stereocenters. The molecule has 0 aliphatic carbocycles. The Balaban J connectivity index is 3.40. The minimum atomic E-state index is -0.581. The van der Waals surface area contributed by atoms with E-state index in [4.69, 9.17) is 10.2 Å². The maximum Gasteiger partial charge on any atom is 0.0802 e. The average Bonchev–Trinajstić information content (AvgIpc) is 1.98. The van der Waals surface area contributed by atoms with Crippen LogP contribution in [0.1, 0.15) is 26.2 Å². The van der Waals surface area contributed by atoms with Gasteiger partial charge >= 0.3 is 0 Å². The first-order valence-corrected chi connectivity index (χ1v) is 3.69. The summed E-state index contributed by atoms with van der Waals surface area (Å²) in [5.74, 6) is 0. The van der Waals surface area contributed by atoms with Crippen LogP contribution in [0.3, 0.4) is 0 Å². The van der Waals surface area contributed by atoms with Crippen molar-refractivity contribution in [2.24, 2.45) is 0 Å². The Morgan fingerprint density at radius 3 is 2.40 bits per heavy atom. The van der Waals surface area contributed by atoms with Crippen LogP contribution >= 0.6 is 0 Å². The zero-order valence-electron chi connectivity index (χ0n) is 6.45. The molecule has 0 bridgehead atoms. The summed E-state index contributed by atoms with van der Waals surface area (Å²) < 4.78 is 0. The molecule has 0 aromatic carbocycles. The van der Waals surface area contributed by atoms with Crippen LogP contribution in [0, 0.1) is 0 Å². The highest BCUT2D eigenvalue weighted by molar-refractivity contribution is 4.72. The Morgan fingerprint density at radius 2 is 2.00 bits per heavy atom. The smallest absolute Gasteiger partial charge is 0.0802 e. The molecule has 2 heteroatoms. The van der Waals surface area contributed by atoms with Gasteiger partial charge in [-0.3, -0.25) is 0 Å². The lowest BCUT2D eigenvalue weighted by Gasteiger charge is -2.14. The Hall–Kier alpha value is -0.340. The van der Waals surface area contributed by atoms with E-state index in [1.54, 1.807) is 6.08 Å². The topological polar surface area (TPSA) is 40.5 Å². The van der Waals surface area contributed by atoms with Gasteiger partial charge in [-0.1, -0.05) is 13.0 Å². The maximum atomic E-state index is 9.15. The van der Waals surface area contributed by atoms with Gasteiger partial charge in [-0.15, -0.1) is 6.58 Å². The van der Waals surface area contributed by atoms with E-state index in [0.717, 1.165) is 6.42 Å². The number of aliphatic hydroxyl groups excluding tert-OH is 2. The lowest BCUT2D eigenvalue weighted by atomic mass is 10.1. The van der Waals surface area contributed by atoms with Gasteiger partial charge in [0.2, 0.25) is 0 Å². The van der Waals surface area contributed by atoms with Crippen LogP contribution in [0.5, 0.6) is 0 Å². The fraction of sp³-hybridized carbons (Fsp3) is 0.750. The second-order valence-corrected chi connectivity index (χ2v) is 2.41. The number of hydrogen-bond donors (Lipinski definition) is 2. The highest BCUT2D eigenvalue weighted by Crippen LogP contribution is 2.05. The molecule has 0 aliphatic rings. The van der Waals surface area contributed by atoms with Crippen molar-refractivity contribution >= 4 is 0 Å². The van der Waals surface area contributed by atoms with Crippen molar-refractivity contribution in [3.8, 4) is 0 Å². The van der Waals surface area contributed by atoms with Gasteiger partial charge in [0.1, 0.15) is 0 Å². The van der Waals surface area contributed by atoms with Crippen molar-refractivity contribution in [1.29, 1.82) is 0 Å². The Morgan fingerprint density at radius 1 is 1.40 bits per heavy atom. The predicted octanol–water partition coefficient (Wildman–Crippen LogP) is 1.08. The molecule has 0 aliphatic heterocycles. The summed E-state index contributed by atoms with van der Waals surface area (Å²) in [5, 5.41) is 18.2. The molecular formula is C8H16O2. The summed E-state index contributed by atoms with van der Waals surface area (Å²) in [6.07, 6.45) is 2.57. The average molecular weight is 144 g/mol. The largest absolute Gasteiger partial charge is 0.390 e. The van der Waals surface area contributed by atoms with E-state index < -0.39 is 12.2 Å². The fourth-order valence-corrected chi connectivity index (χ4v) is 0.753. The van der Waals surface area contributed by atoms with Crippen molar-refractivity contribution in [1.82, 2.24) is 0 Å². The fourth-order valence-electron chi connectivity index (χ4n) is 0.753. The molecule has 0 fully saturated rings. The standard InChI is InChI=1S/C8H16O2/c1-3-5-6-8(10)7(9)4-2/h3,7-10H,1,4-6H2,2H3/t7-,8+/m0/s1. The number of rotatable bonds is 5. The minimum Gasteiger partial charge on any atom is -0.390 e. The van der Waals surface area contributed by atoms with E-state index in [1.807, 2.05) is 6.92 Å². The van der Waals surface area contributed by atoms with Crippen LogP contribution in [0.2, 0.25) is 0 Å². The SMILES string of the molecule is C=CCC[C@@H](O)[C@@H](O)CC. The van der Waals surface area contributed by atoms with Crippen LogP contribution in [0.25, 0.3) is 0 Å². The normalized spacial score (nSPS) is 16.3. The molecule has 60 valence electrons. The summed E-state index contributed by atoms with van der Waals surface area (Å²) in [6, 6.07) is 0. The zero-order chi connectivity index (χ0) is 7.98. The van der Waals surface area contributed by atoms with Crippen LogP contribution in [-0.2, 0) is 0 Å². The van der Waals surface area contributed by atoms with Gasteiger partial charge < -0.3 is 10.2 Å². The zero-order valence-corrected chi connectivity index (χ0v) is 6.45. The van der Waals surface area contributed by atoms with E-state index >= 15 is 0 Å². The number of allylic oxidation sites excluding steroid dienone is 1. The second kappa shape index (κ2) is 5.45. The highest BCUT2D eigenvalue weighted by Gasteiger charge is 2.11. The van der Waals surface area contributed by atoms with E-state index in [0.29, 0.717) is 12.8 Å². The Bertz CT molecular complexity index is 91.3. The molecule has 10 heavy (non-hydrogen) atoms.